The zero-order valence-electron chi connectivity index (χ0n) is 12.5. The van der Waals surface area contributed by atoms with Crippen LogP contribution in [0.3, 0.4) is 0 Å². The Hall–Kier alpha value is -2.29. The van der Waals surface area contributed by atoms with E-state index in [0.29, 0.717) is 38.3 Å². The van der Waals surface area contributed by atoms with E-state index in [0.717, 1.165) is 0 Å². The van der Waals surface area contributed by atoms with Crippen molar-refractivity contribution in [2.75, 3.05) is 11.1 Å². The number of hydrogen-bond acceptors (Lipinski definition) is 4. The molecule has 1 aromatic heterocycles. The summed E-state index contributed by atoms with van der Waals surface area (Å²) in [5.41, 5.74) is 1.96. The van der Waals surface area contributed by atoms with Crippen LogP contribution in [0.25, 0.3) is 0 Å². The molecule has 0 fully saturated rings. The van der Waals surface area contributed by atoms with E-state index in [1.54, 1.807) is 25.1 Å². The third-order valence-electron chi connectivity index (χ3n) is 2.94. The zero-order valence-corrected chi connectivity index (χ0v) is 14.0. The number of nitrogens with one attached hydrogen (secondary N) is 1. The van der Waals surface area contributed by atoms with E-state index < -0.39 is 0 Å². The first kappa shape index (κ1) is 17.1. The van der Waals surface area contributed by atoms with Gasteiger partial charge in [-0.25, -0.2) is 4.98 Å². The SMILES string of the molecule is C=C(Cl)CSc1nc(C)c(C(=O)Nc2ccccc2)cc1C#N. The van der Waals surface area contributed by atoms with E-state index >= 15 is 0 Å². The van der Waals surface area contributed by atoms with Gasteiger partial charge in [-0.15, -0.1) is 0 Å². The van der Waals surface area contributed by atoms with E-state index in [2.05, 4.69) is 22.9 Å². The molecule has 2 rings (SSSR count). The summed E-state index contributed by atoms with van der Waals surface area (Å²) in [6.07, 6.45) is 0. The fourth-order valence-corrected chi connectivity index (χ4v) is 2.79. The van der Waals surface area contributed by atoms with Crippen molar-refractivity contribution in [3.05, 3.63) is 64.8 Å². The number of pyridine rings is 1. The van der Waals surface area contributed by atoms with Crippen LogP contribution < -0.4 is 5.32 Å². The van der Waals surface area contributed by atoms with Crippen LogP contribution in [0.4, 0.5) is 5.69 Å². The van der Waals surface area contributed by atoms with Gasteiger partial charge in [-0.2, -0.15) is 5.26 Å². The molecule has 23 heavy (non-hydrogen) atoms. The molecule has 1 N–H and O–H groups in total. The van der Waals surface area contributed by atoms with Crippen LogP contribution in [0.5, 0.6) is 0 Å². The molecule has 0 radical (unpaired) electrons. The molecule has 0 atom stereocenters. The second-order valence-electron chi connectivity index (χ2n) is 4.71. The maximum atomic E-state index is 12.4. The van der Waals surface area contributed by atoms with Crippen molar-refractivity contribution in [2.45, 2.75) is 11.9 Å². The van der Waals surface area contributed by atoms with Crippen molar-refractivity contribution in [1.29, 1.82) is 5.26 Å². The summed E-state index contributed by atoms with van der Waals surface area (Å²) < 4.78 is 0. The van der Waals surface area contributed by atoms with E-state index in [1.807, 2.05) is 18.2 Å². The summed E-state index contributed by atoms with van der Waals surface area (Å²) in [7, 11) is 0. The highest BCUT2D eigenvalue weighted by Crippen LogP contribution is 2.25. The van der Waals surface area contributed by atoms with E-state index in [4.69, 9.17) is 11.6 Å². The van der Waals surface area contributed by atoms with Gasteiger partial charge in [0.15, 0.2) is 0 Å². The monoisotopic (exact) mass is 343 g/mol. The quantitative estimate of drug-likeness (QED) is 0.819. The summed E-state index contributed by atoms with van der Waals surface area (Å²) >= 11 is 7.07. The molecule has 6 heteroatoms. The van der Waals surface area contributed by atoms with Gasteiger partial charge < -0.3 is 5.32 Å². The average Bonchev–Trinajstić information content (AvgIpc) is 2.53. The minimum absolute atomic E-state index is 0.295. The van der Waals surface area contributed by atoms with Crippen molar-refractivity contribution < 1.29 is 4.79 Å². The number of carbonyl (C=O) groups excluding carboxylic acids is 1. The number of anilines is 1. The van der Waals surface area contributed by atoms with Crippen molar-refractivity contribution in [3.63, 3.8) is 0 Å². The third kappa shape index (κ3) is 4.59. The molecule has 2 aromatic rings. The standard InChI is InChI=1S/C17H14ClN3OS/c1-11(18)10-23-17-13(9-19)8-15(12(2)20-17)16(22)21-14-6-4-3-5-7-14/h3-8H,1,10H2,2H3,(H,21,22). The number of nitrogens with zero attached hydrogens (tertiary/aromatic N) is 2. The van der Waals surface area contributed by atoms with Gasteiger partial charge in [0.25, 0.3) is 5.91 Å². The van der Waals surface area contributed by atoms with Gasteiger partial charge in [-0.1, -0.05) is 48.1 Å². The van der Waals surface area contributed by atoms with Crippen molar-refractivity contribution in [2.24, 2.45) is 0 Å². The maximum Gasteiger partial charge on any atom is 0.257 e. The number of hydrogen-bond donors (Lipinski definition) is 1. The zero-order chi connectivity index (χ0) is 16.8. The fraction of sp³-hybridized carbons (Fsp3) is 0.118. The molecule has 0 aliphatic rings. The summed E-state index contributed by atoms with van der Waals surface area (Å²) in [5, 5.41) is 13.1. The fourth-order valence-electron chi connectivity index (χ4n) is 1.87. The number of halogens is 1. The van der Waals surface area contributed by atoms with Gasteiger partial charge in [0, 0.05) is 16.5 Å². The highest BCUT2D eigenvalue weighted by Gasteiger charge is 2.15. The highest BCUT2D eigenvalue weighted by molar-refractivity contribution is 7.99. The Morgan fingerprint density at radius 3 is 2.74 bits per heavy atom. The van der Waals surface area contributed by atoms with Crippen LogP contribution >= 0.6 is 23.4 Å². The number of amides is 1. The van der Waals surface area contributed by atoms with Crippen LogP contribution in [0.15, 0.2) is 53.0 Å². The van der Waals surface area contributed by atoms with Crippen LogP contribution in [0, 0.1) is 18.3 Å². The second kappa shape index (κ2) is 7.82. The Kier molecular flexibility index (Phi) is 5.80. The molecule has 1 heterocycles. The molecule has 0 unspecified atom stereocenters. The lowest BCUT2D eigenvalue weighted by Crippen LogP contribution is -2.15. The van der Waals surface area contributed by atoms with Crippen molar-refractivity contribution in [3.8, 4) is 6.07 Å². The molecule has 0 bridgehead atoms. The smallest absolute Gasteiger partial charge is 0.257 e. The number of thioether (sulfide) groups is 1. The minimum atomic E-state index is -0.295. The second-order valence-corrected chi connectivity index (χ2v) is 6.21. The molecular formula is C17H14ClN3OS. The van der Waals surface area contributed by atoms with Crippen molar-refractivity contribution in [1.82, 2.24) is 4.98 Å². The molecule has 0 saturated heterocycles. The van der Waals surface area contributed by atoms with Crippen LogP contribution in [-0.4, -0.2) is 16.6 Å². The Morgan fingerprint density at radius 1 is 1.43 bits per heavy atom. The van der Waals surface area contributed by atoms with Crippen LogP contribution in [0.2, 0.25) is 0 Å². The van der Waals surface area contributed by atoms with Gasteiger partial charge in [-0.3, -0.25) is 4.79 Å². The molecule has 116 valence electrons. The number of benzene rings is 1. The van der Waals surface area contributed by atoms with Crippen LogP contribution in [0.1, 0.15) is 21.6 Å². The average molecular weight is 344 g/mol. The Bertz CT molecular complexity index is 784. The van der Waals surface area contributed by atoms with Gasteiger partial charge in [0.2, 0.25) is 0 Å². The number of aromatic nitrogens is 1. The first-order valence-electron chi connectivity index (χ1n) is 6.75. The van der Waals surface area contributed by atoms with Gasteiger partial charge in [0.1, 0.15) is 11.1 Å². The van der Waals surface area contributed by atoms with E-state index in [-0.39, 0.29) is 5.91 Å². The van der Waals surface area contributed by atoms with Crippen molar-refractivity contribution >= 4 is 35.0 Å². The first-order chi connectivity index (χ1) is 11.0. The molecule has 0 saturated carbocycles. The molecule has 1 aromatic carbocycles. The summed E-state index contributed by atoms with van der Waals surface area (Å²) in [6.45, 7) is 5.35. The number of rotatable bonds is 5. The predicted molar refractivity (Wildman–Crippen MR) is 93.8 cm³/mol. The maximum absolute atomic E-state index is 12.4. The van der Waals surface area contributed by atoms with E-state index in [9.17, 15) is 10.1 Å². The van der Waals surface area contributed by atoms with Gasteiger partial charge in [-0.05, 0) is 25.1 Å². The van der Waals surface area contributed by atoms with Gasteiger partial charge >= 0.3 is 0 Å². The molecule has 0 aliphatic carbocycles. The summed E-state index contributed by atoms with van der Waals surface area (Å²) in [6, 6.07) is 12.7. The normalized spacial score (nSPS) is 9.96. The van der Waals surface area contributed by atoms with Gasteiger partial charge in [0.05, 0.1) is 16.8 Å². The molecule has 1 amide bonds. The van der Waals surface area contributed by atoms with E-state index in [1.165, 1.54) is 11.8 Å². The lowest BCUT2D eigenvalue weighted by Gasteiger charge is -2.10. The molecule has 0 spiro atoms. The predicted octanol–water partition coefficient (Wildman–Crippen LogP) is 4.36. The molecule has 4 nitrogen and oxygen atoms in total. The number of nitriles is 1. The Morgan fingerprint density at radius 2 is 2.13 bits per heavy atom. The highest BCUT2D eigenvalue weighted by atomic mass is 35.5. The first-order valence-corrected chi connectivity index (χ1v) is 8.12. The largest absolute Gasteiger partial charge is 0.322 e. The summed E-state index contributed by atoms with van der Waals surface area (Å²) in [5.74, 6) is 0.161. The number of aryl methyl sites for hydroxylation is 1. The molecular weight excluding hydrogens is 330 g/mol. The Balaban J connectivity index is 2.27. The third-order valence-corrected chi connectivity index (χ3v) is 4.31. The lowest BCUT2D eigenvalue weighted by atomic mass is 10.1. The number of para-hydroxylation sites is 1. The van der Waals surface area contributed by atoms with Crippen LogP contribution in [-0.2, 0) is 0 Å². The lowest BCUT2D eigenvalue weighted by molar-refractivity contribution is 0.102. The number of carbonyl (C=O) groups is 1. The molecule has 0 aliphatic heterocycles. The summed E-state index contributed by atoms with van der Waals surface area (Å²) in [4.78, 5) is 16.7. The topological polar surface area (TPSA) is 65.8 Å². The Labute approximate surface area is 144 Å². The minimum Gasteiger partial charge on any atom is -0.322 e.